The summed E-state index contributed by atoms with van der Waals surface area (Å²) < 4.78 is 0. The van der Waals surface area contributed by atoms with Gasteiger partial charge in [-0.2, -0.15) is 11.8 Å². The third-order valence-electron chi connectivity index (χ3n) is 2.45. The Kier molecular flexibility index (Phi) is 4.68. The monoisotopic (exact) mass is 226 g/mol. The Morgan fingerprint density at radius 3 is 2.93 bits per heavy atom. The van der Waals surface area contributed by atoms with Crippen molar-refractivity contribution in [2.24, 2.45) is 0 Å². The normalized spacial score (nSPS) is 12.5. The van der Waals surface area contributed by atoms with E-state index in [-0.39, 0.29) is 0 Å². The van der Waals surface area contributed by atoms with Crippen molar-refractivity contribution in [3.8, 4) is 0 Å². The first kappa shape index (κ1) is 12.1. The predicted molar refractivity (Wildman–Crippen MR) is 67.3 cm³/mol. The van der Waals surface area contributed by atoms with Crippen LogP contribution in [0.2, 0.25) is 0 Å². The molecule has 1 atom stereocenters. The minimum atomic E-state index is 0.439. The first-order valence-corrected chi connectivity index (χ1v) is 6.33. The molecule has 84 valence electrons. The number of nitrogens with two attached hydrogens (primary N) is 1. The lowest BCUT2D eigenvalue weighted by molar-refractivity contribution is 0.662. The van der Waals surface area contributed by atoms with Crippen molar-refractivity contribution >= 4 is 23.3 Å². The van der Waals surface area contributed by atoms with Crippen LogP contribution in [-0.2, 0) is 0 Å². The Morgan fingerprint density at radius 1 is 1.60 bits per heavy atom. The van der Waals surface area contributed by atoms with Gasteiger partial charge in [-0.3, -0.25) is 0 Å². The van der Waals surface area contributed by atoms with Gasteiger partial charge >= 0.3 is 0 Å². The number of aromatic nitrogens is 2. The van der Waals surface area contributed by atoms with E-state index in [9.17, 15) is 0 Å². The van der Waals surface area contributed by atoms with E-state index in [0.717, 1.165) is 18.0 Å². The zero-order chi connectivity index (χ0) is 11.3. The van der Waals surface area contributed by atoms with Crippen LogP contribution >= 0.6 is 11.8 Å². The lowest BCUT2D eigenvalue weighted by atomic mass is 10.2. The van der Waals surface area contributed by atoms with Gasteiger partial charge in [0.2, 0.25) is 0 Å². The molecule has 1 aromatic heterocycles. The maximum atomic E-state index is 5.82. The molecule has 1 aromatic rings. The van der Waals surface area contributed by atoms with Gasteiger partial charge in [0.25, 0.3) is 0 Å². The lowest BCUT2D eigenvalue weighted by Gasteiger charge is -2.26. The van der Waals surface area contributed by atoms with Crippen LogP contribution in [-0.4, -0.2) is 35.1 Å². The summed E-state index contributed by atoms with van der Waals surface area (Å²) >= 11 is 1.86. The Balaban J connectivity index is 2.67. The second-order valence-electron chi connectivity index (χ2n) is 3.54. The summed E-state index contributed by atoms with van der Waals surface area (Å²) in [7, 11) is 2.02. The van der Waals surface area contributed by atoms with Crippen molar-refractivity contribution in [1.82, 2.24) is 9.97 Å². The highest BCUT2D eigenvalue weighted by Crippen LogP contribution is 2.20. The van der Waals surface area contributed by atoms with E-state index in [1.807, 2.05) is 18.8 Å². The summed E-state index contributed by atoms with van der Waals surface area (Å²) in [6.07, 6.45) is 6.41. The molecule has 0 amide bonds. The molecule has 0 fully saturated rings. The molecule has 0 bridgehead atoms. The summed E-state index contributed by atoms with van der Waals surface area (Å²) in [5, 5.41) is 0. The van der Waals surface area contributed by atoms with Crippen molar-refractivity contribution < 1.29 is 0 Å². The highest BCUT2D eigenvalue weighted by Gasteiger charge is 2.13. The van der Waals surface area contributed by atoms with Gasteiger partial charge in [0, 0.05) is 13.1 Å². The van der Waals surface area contributed by atoms with Gasteiger partial charge in [-0.15, -0.1) is 0 Å². The molecule has 0 aromatic carbocycles. The average Bonchev–Trinajstić information content (AvgIpc) is 2.25. The van der Waals surface area contributed by atoms with E-state index in [2.05, 4.69) is 28.0 Å². The van der Waals surface area contributed by atoms with E-state index < -0.39 is 0 Å². The van der Waals surface area contributed by atoms with Crippen LogP contribution in [0.4, 0.5) is 11.5 Å². The summed E-state index contributed by atoms with van der Waals surface area (Å²) in [6.45, 7) is 2.18. The van der Waals surface area contributed by atoms with E-state index in [4.69, 9.17) is 5.73 Å². The minimum Gasteiger partial charge on any atom is -0.394 e. The van der Waals surface area contributed by atoms with Crippen molar-refractivity contribution in [3.05, 3.63) is 12.5 Å². The molecule has 0 radical (unpaired) electrons. The van der Waals surface area contributed by atoms with Crippen molar-refractivity contribution in [3.63, 3.8) is 0 Å². The number of rotatable bonds is 5. The van der Waals surface area contributed by atoms with E-state index in [1.54, 1.807) is 6.20 Å². The number of nitrogens with zero attached hydrogens (tertiary/aromatic N) is 3. The van der Waals surface area contributed by atoms with E-state index in [0.29, 0.717) is 11.7 Å². The van der Waals surface area contributed by atoms with Crippen LogP contribution in [0.15, 0.2) is 12.5 Å². The fraction of sp³-hybridized carbons (Fsp3) is 0.600. The first-order chi connectivity index (χ1) is 7.16. The second-order valence-corrected chi connectivity index (χ2v) is 4.53. The van der Waals surface area contributed by atoms with Gasteiger partial charge in [0.05, 0.1) is 11.9 Å². The van der Waals surface area contributed by atoms with Gasteiger partial charge in [-0.25, -0.2) is 9.97 Å². The van der Waals surface area contributed by atoms with Crippen LogP contribution in [0.25, 0.3) is 0 Å². The topological polar surface area (TPSA) is 55.0 Å². The van der Waals surface area contributed by atoms with Gasteiger partial charge in [0.15, 0.2) is 5.82 Å². The van der Waals surface area contributed by atoms with Crippen LogP contribution < -0.4 is 10.6 Å². The van der Waals surface area contributed by atoms with Gasteiger partial charge in [-0.05, 0) is 25.4 Å². The zero-order valence-corrected chi connectivity index (χ0v) is 10.3. The molecule has 0 aliphatic carbocycles. The number of thioether (sulfide) groups is 1. The Hall–Kier alpha value is -0.970. The molecule has 1 rings (SSSR count). The molecule has 1 unspecified atom stereocenters. The summed E-state index contributed by atoms with van der Waals surface area (Å²) in [5.74, 6) is 1.97. The highest BCUT2D eigenvalue weighted by molar-refractivity contribution is 7.98. The maximum Gasteiger partial charge on any atom is 0.155 e. The molecule has 0 aliphatic rings. The average molecular weight is 226 g/mol. The molecule has 0 aliphatic heterocycles. The van der Waals surface area contributed by atoms with Crippen LogP contribution in [0.1, 0.15) is 13.3 Å². The van der Waals surface area contributed by atoms with Gasteiger partial charge in [-0.1, -0.05) is 0 Å². The van der Waals surface area contributed by atoms with Crippen molar-refractivity contribution in [1.29, 1.82) is 0 Å². The molecular weight excluding hydrogens is 208 g/mol. The molecule has 2 N–H and O–H groups in total. The standard InChI is InChI=1S/C10H18N4S/c1-8(4-5-15-3)14(2)10-9(11)6-12-7-13-10/h6-8H,4-5,11H2,1-3H3. The van der Waals surface area contributed by atoms with Crippen LogP contribution in [0, 0.1) is 0 Å². The number of nitrogen functional groups attached to an aromatic ring is 1. The molecule has 1 heterocycles. The third kappa shape index (κ3) is 3.27. The molecular formula is C10H18N4S. The quantitative estimate of drug-likeness (QED) is 0.827. The summed E-state index contributed by atoms with van der Waals surface area (Å²) in [4.78, 5) is 10.2. The smallest absolute Gasteiger partial charge is 0.155 e. The lowest BCUT2D eigenvalue weighted by Crippen LogP contribution is -2.30. The largest absolute Gasteiger partial charge is 0.394 e. The number of hydrogen-bond donors (Lipinski definition) is 1. The minimum absolute atomic E-state index is 0.439. The Morgan fingerprint density at radius 2 is 2.33 bits per heavy atom. The molecule has 5 heteroatoms. The zero-order valence-electron chi connectivity index (χ0n) is 9.47. The Labute approximate surface area is 95.3 Å². The van der Waals surface area contributed by atoms with Crippen molar-refractivity contribution in [2.75, 3.05) is 29.7 Å². The van der Waals surface area contributed by atoms with Crippen LogP contribution in [0.3, 0.4) is 0 Å². The van der Waals surface area contributed by atoms with Crippen molar-refractivity contribution in [2.45, 2.75) is 19.4 Å². The summed E-state index contributed by atoms with van der Waals surface area (Å²) in [5.41, 5.74) is 6.45. The van der Waals surface area contributed by atoms with E-state index in [1.165, 1.54) is 6.33 Å². The number of hydrogen-bond acceptors (Lipinski definition) is 5. The molecule has 0 saturated carbocycles. The van der Waals surface area contributed by atoms with Gasteiger partial charge < -0.3 is 10.6 Å². The predicted octanol–water partition coefficient (Wildman–Crippen LogP) is 1.64. The Bertz CT molecular complexity index is 305. The SMILES string of the molecule is CSCCC(C)N(C)c1ncncc1N. The van der Waals surface area contributed by atoms with Gasteiger partial charge in [0.1, 0.15) is 6.33 Å². The molecule has 0 saturated heterocycles. The summed E-state index contributed by atoms with van der Waals surface area (Å²) in [6, 6.07) is 0.439. The number of anilines is 2. The first-order valence-electron chi connectivity index (χ1n) is 4.94. The fourth-order valence-corrected chi connectivity index (χ4v) is 1.90. The fourth-order valence-electron chi connectivity index (χ4n) is 1.32. The maximum absolute atomic E-state index is 5.82. The second kappa shape index (κ2) is 5.80. The molecule has 15 heavy (non-hydrogen) atoms. The molecule has 0 spiro atoms. The van der Waals surface area contributed by atoms with Crippen LogP contribution in [0.5, 0.6) is 0 Å². The third-order valence-corrected chi connectivity index (χ3v) is 3.10. The molecule has 4 nitrogen and oxygen atoms in total. The van der Waals surface area contributed by atoms with E-state index >= 15 is 0 Å². The highest BCUT2D eigenvalue weighted by atomic mass is 32.2.